The molecule has 0 aromatic heterocycles. The van der Waals surface area contributed by atoms with E-state index >= 15 is 0 Å². The Morgan fingerprint density at radius 2 is 0.798 bits per heavy atom. The fourth-order valence-corrected chi connectivity index (χ4v) is 15.2. The average molecular weight is 1080 g/mol. The second-order valence-electron chi connectivity index (χ2n) is 25.1. The first-order chi connectivity index (χ1) is 41.1. The molecule has 0 fully saturated rings. The van der Waals surface area contributed by atoms with Crippen LogP contribution in [0.4, 0.5) is 34.1 Å². The molecule has 0 saturated carbocycles. The van der Waals surface area contributed by atoms with Crippen LogP contribution in [0.1, 0.15) is 73.6 Å². The van der Waals surface area contributed by atoms with Gasteiger partial charge in [-0.1, -0.05) is 265 Å². The van der Waals surface area contributed by atoms with E-state index in [-0.39, 0.29) is 12.1 Å². The maximum absolute atomic E-state index is 7.23. The van der Waals surface area contributed by atoms with Crippen LogP contribution < -0.4 is 30.9 Å². The molecular weight excluding hydrogens is 1020 g/mol. The first-order valence-electron chi connectivity index (χ1n) is 29.7. The second kappa shape index (κ2) is 17.8. The van der Waals surface area contributed by atoms with Gasteiger partial charge in [0.15, 0.2) is 0 Å². The first-order valence-corrected chi connectivity index (χ1v) is 29.7. The standard InChI is InChI=1S/C80H59BN2O/c1-78(2,3)56-45-71-75-72(46-56)83(77-59(52-28-14-8-15-29-52)35-23-36-60(77)53-30-16-9-17-31-53)70-48-62-61-32-18-19-37-63(61)80-64-38-20-21-39-73(64)84-74-47-55(40-42-65(74)80)79(4,5)54-41-43-69(67(44-54)81(75)68(70)49-66(62)80)82(71)76-57(50-24-10-6-11-25-50)33-22-34-58(76)51-26-12-7-13-27-51/h6-49H,1-5H3. The quantitative estimate of drug-likeness (QED) is 0.154. The highest BCUT2D eigenvalue weighted by molar-refractivity contribution is 7.00. The number of nitrogens with zero attached hydrogens (tertiary/aromatic N) is 2. The number of para-hydroxylation sites is 3. The van der Waals surface area contributed by atoms with Gasteiger partial charge in [0.25, 0.3) is 6.71 Å². The third-order valence-electron chi connectivity index (χ3n) is 19.3. The molecule has 3 nitrogen and oxygen atoms in total. The molecular formula is C80H59BN2O. The van der Waals surface area contributed by atoms with Crippen molar-refractivity contribution in [2.45, 2.75) is 50.9 Å². The largest absolute Gasteiger partial charge is 0.457 e. The number of fused-ring (bicyclic) bond motifs is 4. The molecule has 0 saturated heterocycles. The smallest absolute Gasteiger partial charge is 0.252 e. The summed E-state index contributed by atoms with van der Waals surface area (Å²) in [6, 6.07) is 101. The molecule has 6 aliphatic rings. The summed E-state index contributed by atoms with van der Waals surface area (Å²) in [6.45, 7) is 11.8. The van der Waals surface area contributed by atoms with Crippen LogP contribution >= 0.6 is 0 Å². The lowest BCUT2D eigenvalue weighted by molar-refractivity contribution is 0.434. The van der Waals surface area contributed by atoms with E-state index < -0.39 is 10.8 Å². The van der Waals surface area contributed by atoms with Gasteiger partial charge in [0.1, 0.15) is 11.5 Å². The van der Waals surface area contributed by atoms with E-state index in [0.29, 0.717) is 0 Å². The van der Waals surface area contributed by atoms with Crippen LogP contribution in [0.5, 0.6) is 11.5 Å². The van der Waals surface area contributed by atoms with Crippen molar-refractivity contribution in [3.8, 4) is 67.1 Å². The lowest BCUT2D eigenvalue weighted by Crippen LogP contribution is -2.62. The van der Waals surface area contributed by atoms with Crippen LogP contribution in [0.15, 0.2) is 267 Å². The van der Waals surface area contributed by atoms with Crippen LogP contribution in [0.2, 0.25) is 0 Å². The summed E-state index contributed by atoms with van der Waals surface area (Å²) in [5.74, 6) is 1.80. The highest BCUT2D eigenvalue weighted by atomic mass is 16.5. The Morgan fingerprint density at radius 3 is 1.36 bits per heavy atom. The Balaban J connectivity index is 1.10. The zero-order valence-electron chi connectivity index (χ0n) is 47.8. The Kier molecular flexibility index (Phi) is 10.3. The molecule has 8 bridgehead atoms. The summed E-state index contributed by atoms with van der Waals surface area (Å²) in [4.78, 5) is 5.40. The van der Waals surface area contributed by atoms with E-state index in [0.717, 1.165) is 39.6 Å². The van der Waals surface area contributed by atoms with Crippen LogP contribution in [0.25, 0.3) is 55.6 Å². The number of ether oxygens (including phenoxy) is 1. The number of hydrogen-bond acceptors (Lipinski definition) is 3. The predicted octanol–water partition coefficient (Wildman–Crippen LogP) is 18.8. The fourth-order valence-electron chi connectivity index (χ4n) is 15.2. The van der Waals surface area contributed by atoms with Gasteiger partial charge in [-0.25, -0.2) is 0 Å². The van der Waals surface area contributed by atoms with Crippen LogP contribution in [-0.2, 0) is 16.2 Å². The molecule has 5 heterocycles. The van der Waals surface area contributed by atoms with Gasteiger partial charge in [0, 0.05) is 61.5 Å². The number of hydrogen-bond donors (Lipinski definition) is 0. The topological polar surface area (TPSA) is 15.7 Å². The molecule has 1 unspecified atom stereocenters. The molecule has 84 heavy (non-hydrogen) atoms. The van der Waals surface area contributed by atoms with E-state index in [1.54, 1.807) is 0 Å². The second-order valence-corrected chi connectivity index (χ2v) is 25.1. The lowest BCUT2D eigenvalue weighted by Gasteiger charge is -2.47. The summed E-state index contributed by atoms with van der Waals surface area (Å²) >= 11 is 0. The van der Waals surface area contributed by atoms with Crippen LogP contribution in [0.3, 0.4) is 0 Å². The van der Waals surface area contributed by atoms with Gasteiger partial charge in [-0.05, 0) is 119 Å². The highest BCUT2D eigenvalue weighted by Crippen LogP contribution is 2.64. The minimum atomic E-state index is -0.690. The van der Waals surface area contributed by atoms with Crippen molar-refractivity contribution in [3.05, 3.63) is 306 Å². The van der Waals surface area contributed by atoms with Crippen molar-refractivity contribution in [2.75, 3.05) is 9.80 Å². The number of rotatable bonds is 6. The summed E-state index contributed by atoms with van der Waals surface area (Å²) in [5.41, 5.74) is 29.9. The molecule has 4 heteroatoms. The maximum atomic E-state index is 7.23. The molecule has 18 rings (SSSR count). The Labute approximate surface area is 492 Å². The molecule has 0 amide bonds. The molecule has 5 aliphatic heterocycles. The van der Waals surface area contributed by atoms with E-state index in [2.05, 4.69) is 311 Å². The number of benzene rings is 12. The summed E-state index contributed by atoms with van der Waals surface area (Å²) in [5, 5.41) is 0. The summed E-state index contributed by atoms with van der Waals surface area (Å²) in [7, 11) is 0. The molecule has 12 aromatic carbocycles. The van der Waals surface area contributed by atoms with Crippen molar-refractivity contribution in [1.29, 1.82) is 0 Å². The van der Waals surface area contributed by atoms with E-state index in [1.807, 2.05) is 0 Å². The Morgan fingerprint density at radius 1 is 0.345 bits per heavy atom. The van der Waals surface area contributed by atoms with Crippen molar-refractivity contribution in [2.24, 2.45) is 0 Å². The minimum absolute atomic E-state index is 0.194. The van der Waals surface area contributed by atoms with Gasteiger partial charge >= 0.3 is 0 Å². The van der Waals surface area contributed by atoms with Crippen LogP contribution in [0, 0.1) is 0 Å². The van der Waals surface area contributed by atoms with Gasteiger partial charge in [0.2, 0.25) is 0 Å². The normalized spacial score (nSPS) is 15.8. The highest BCUT2D eigenvalue weighted by Gasteiger charge is 2.54. The van der Waals surface area contributed by atoms with Crippen molar-refractivity contribution < 1.29 is 4.74 Å². The molecule has 1 spiro atoms. The Hall–Kier alpha value is -9.90. The maximum Gasteiger partial charge on any atom is 0.252 e. The fraction of sp³-hybridized carbons (Fsp3) is 0.100. The van der Waals surface area contributed by atoms with E-state index in [9.17, 15) is 0 Å². The number of anilines is 6. The van der Waals surface area contributed by atoms with E-state index in [1.165, 1.54) is 117 Å². The van der Waals surface area contributed by atoms with Gasteiger partial charge in [-0.3, -0.25) is 0 Å². The van der Waals surface area contributed by atoms with E-state index in [4.69, 9.17) is 4.74 Å². The molecule has 0 N–H and O–H groups in total. The van der Waals surface area contributed by atoms with Gasteiger partial charge in [-0.15, -0.1) is 0 Å². The predicted molar refractivity (Wildman–Crippen MR) is 350 cm³/mol. The summed E-state index contributed by atoms with van der Waals surface area (Å²) < 4.78 is 7.23. The molecule has 1 atom stereocenters. The average Bonchev–Trinajstić information content (AvgIpc) is 1.66. The molecule has 398 valence electrons. The zero-order chi connectivity index (χ0) is 56.2. The first kappa shape index (κ1) is 48.8. The molecule has 0 radical (unpaired) electrons. The van der Waals surface area contributed by atoms with Crippen molar-refractivity contribution >= 4 is 57.2 Å². The SMILES string of the molecule is CC(C)(C)c1cc2c3c(c1)N(c1c(-c4ccccc4)cccc1-c1ccccc1)c1cc4c5cc1B3c1cc(ccc1N2c1c(-c2ccccc2)cccc1-c1ccccc1)C(C)(C)c1ccc2c(c1)Oc1ccccc1C25c1ccccc1-4. The van der Waals surface area contributed by atoms with Crippen molar-refractivity contribution in [3.63, 3.8) is 0 Å². The van der Waals surface area contributed by atoms with Gasteiger partial charge in [-0.2, -0.15) is 0 Å². The van der Waals surface area contributed by atoms with Crippen LogP contribution in [-0.4, -0.2) is 6.71 Å². The summed E-state index contributed by atoms with van der Waals surface area (Å²) in [6.07, 6.45) is 0. The lowest BCUT2D eigenvalue weighted by atomic mass is 9.33. The zero-order valence-corrected chi connectivity index (χ0v) is 47.8. The molecule has 12 aromatic rings. The van der Waals surface area contributed by atoms with Gasteiger partial charge < -0.3 is 14.5 Å². The minimum Gasteiger partial charge on any atom is -0.457 e. The Bertz CT molecular complexity index is 4600. The van der Waals surface area contributed by atoms with Gasteiger partial charge in [0.05, 0.1) is 16.8 Å². The third-order valence-corrected chi connectivity index (χ3v) is 19.3. The molecule has 1 aliphatic carbocycles. The third kappa shape index (κ3) is 6.77. The van der Waals surface area contributed by atoms with Crippen molar-refractivity contribution in [1.82, 2.24) is 0 Å². The monoisotopic (exact) mass is 1070 g/mol.